The highest BCUT2D eigenvalue weighted by molar-refractivity contribution is 14.1. The Kier molecular flexibility index (Phi) is 4.65. The van der Waals surface area contributed by atoms with Gasteiger partial charge in [0.15, 0.2) is 0 Å². The molecule has 0 fully saturated rings. The van der Waals surface area contributed by atoms with E-state index < -0.39 is 0 Å². The highest BCUT2D eigenvalue weighted by Gasteiger charge is 2.05. The van der Waals surface area contributed by atoms with E-state index in [9.17, 15) is 4.79 Å². The fourth-order valence-corrected chi connectivity index (χ4v) is 1.47. The Balaban J connectivity index is 2.74. The summed E-state index contributed by atoms with van der Waals surface area (Å²) in [5, 5.41) is 0. The number of benzene rings is 1. The van der Waals surface area contributed by atoms with Crippen LogP contribution in [-0.4, -0.2) is 12.6 Å². The maximum Gasteiger partial charge on any atom is 0.344 e. The van der Waals surface area contributed by atoms with Gasteiger partial charge in [-0.2, -0.15) is 0 Å². The molecule has 0 saturated carbocycles. The third-order valence-electron chi connectivity index (χ3n) is 1.56. The lowest BCUT2D eigenvalue weighted by Gasteiger charge is -1.99. The largest absolute Gasteiger partial charge is 0.462 e. The van der Waals surface area contributed by atoms with E-state index >= 15 is 0 Å². The molecule has 3 heteroatoms. The van der Waals surface area contributed by atoms with E-state index in [1.54, 1.807) is 13.0 Å². The lowest BCUT2D eigenvalue weighted by Crippen LogP contribution is -2.02. The van der Waals surface area contributed by atoms with Gasteiger partial charge in [-0.1, -0.05) is 30.3 Å². The molecule has 0 bridgehead atoms. The molecule has 0 amide bonds. The first-order valence-electron chi connectivity index (χ1n) is 4.33. The smallest absolute Gasteiger partial charge is 0.344 e. The first-order valence-corrected chi connectivity index (χ1v) is 5.41. The van der Waals surface area contributed by atoms with Crippen LogP contribution in [0, 0.1) is 0 Å². The number of ether oxygens (including phenoxy) is 1. The van der Waals surface area contributed by atoms with Crippen molar-refractivity contribution >= 4 is 34.6 Å². The lowest BCUT2D eigenvalue weighted by atomic mass is 10.2. The van der Waals surface area contributed by atoms with Crippen molar-refractivity contribution in [1.82, 2.24) is 0 Å². The van der Waals surface area contributed by atoms with Crippen LogP contribution in [-0.2, 0) is 9.53 Å². The van der Waals surface area contributed by atoms with E-state index in [4.69, 9.17) is 4.74 Å². The minimum absolute atomic E-state index is 0.267. The predicted octanol–water partition coefficient (Wildman–Crippen LogP) is 3.03. The molecule has 0 radical (unpaired) electrons. The molecule has 1 rings (SSSR count). The SMILES string of the molecule is CCOC(=O)/C(I)=C\c1ccccc1. The van der Waals surface area contributed by atoms with Crippen LogP contribution in [0.5, 0.6) is 0 Å². The quantitative estimate of drug-likeness (QED) is 0.487. The van der Waals surface area contributed by atoms with E-state index in [0.717, 1.165) is 5.56 Å². The first-order chi connectivity index (χ1) is 6.74. The van der Waals surface area contributed by atoms with Gasteiger partial charge in [-0.15, -0.1) is 0 Å². The molecule has 0 unspecified atom stereocenters. The van der Waals surface area contributed by atoms with Crippen LogP contribution in [0.4, 0.5) is 0 Å². The van der Waals surface area contributed by atoms with Gasteiger partial charge in [0.05, 0.1) is 10.2 Å². The fourth-order valence-electron chi connectivity index (χ4n) is 0.955. The van der Waals surface area contributed by atoms with Crippen molar-refractivity contribution in [1.29, 1.82) is 0 Å². The van der Waals surface area contributed by atoms with Crippen molar-refractivity contribution in [3.05, 3.63) is 39.5 Å². The van der Waals surface area contributed by atoms with E-state index in [2.05, 4.69) is 0 Å². The van der Waals surface area contributed by atoms with Gasteiger partial charge in [-0.25, -0.2) is 4.79 Å². The van der Waals surface area contributed by atoms with Crippen molar-refractivity contribution in [2.24, 2.45) is 0 Å². The molecule has 0 atom stereocenters. The maximum absolute atomic E-state index is 11.2. The average Bonchev–Trinajstić information content (AvgIpc) is 2.19. The van der Waals surface area contributed by atoms with Crippen LogP contribution in [0.2, 0.25) is 0 Å². The normalized spacial score (nSPS) is 11.1. The third-order valence-corrected chi connectivity index (χ3v) is 2.32. The Bertz CT molecular complexity index is 330. The number of esters is 1. The summed E-state index contributed by atoms with van der Waals surface area (Å²) in [6, 6.07) is 9.69. The number of carbonyl (C=O) groups excluding carboxylic acids is 1. The van der Waals surface area contributed by atoms with Crippen LogP contribution in [0.1, 0.15) is 12.5 Å². The summed E-state index contributed by atoms with van der Waals surface area (Å²) in [5.41, 5.74) is 1.00. The van der Waals surface area contributed by atoms with Gasteiger partial charge in [-0.05, 0) is 41.2 Å². The van der Waals surface area contributed by atoms with Crippen molar-refractivity contribution in [2.75, 3.05) is 6.61 Å². The Morgan fingerprint density at radius 3 is 2.64 bits per heavy atom. The zero-order valence-electron chi connectivity index (χ0n) is 7.87. The van der Waals surface area contributed by atoms with Gasteiger partial charge in [0, 0.05) is 0 Å². The molecule has 0 saturated heterocycles. The van der Waals surface area contributed by atoms with Gasteiger partial charge in [0.25, 0.3) is 0 Å². The van der Waals surface area contributed by atoms with E-state index in [0.29, 0.717) is 10.2 Å². The lowest BCUT2D eigenvalue weighted by molar-refractivity contribution is -0.137. The van der Waals surface area contributed by atoms with Crippen LogP contribution in [0.15, 0.2) is 33.9 Å². The van der Waals surface area contributed by atoms with Gasteiger partial charge in [0.1, 0.15) is 0 Å². The molecular weight excluding hydrogens is 291 g/mol. The van der Waals surface area contributed by atoms with Crippen LogP contribution < -0.4 is 0 Å². The fraction of sp³-hybridized carbons (Fsp3) is 0.182. The summed E-state index contributed by atoms with van der Waals surface area (Å²) in [4.78, 5) is 11.2. The number of rotatable bonds is 3. The number of hydrogen-bond acceptors (Lipinski definition) is 2. The average molecular weight is 302 g/mol. The van der Waals surface area contributed by atoms with Gasteiger partial charge in [0.2, 0.25) is 0 Å². The van der Waals surface area contributed by atoms with Crippen LogP contribution >= 0.6 is 22.6 Å². The minimum Gasteiger partial charge on any atom is -0.462 e. The topological polar surface area (TPSA) is 26.3 Å². The first kappa shape index (κ1) is 11.2. The Morgan fingerprint density at radius 2 is 2.07 bits per heavy atom. The molecule has 0 aliphatic rings. The molecule has 0 aliphatic heterocycles. The summed E-state index contributed by atoms with van der Waals surface area (Å²) in [6.45, 7) is 2.21. The number of hydrogen-bond donors (Lipinski definition) is 0. The monoisotopic (exact) mass is 302 g/mol. The molecule has 0 aromatic heterocycles. The molecule has 74 valence electrons. The van der Waals surface area contributed by atoms with E-state index in [1.165, 1.54) is 0 Å². The summed E-state index contributed by atoms with van der Waals surface area (Å²) < 4.78 is 5.45. The van der Waals surface area contributed by atoms with Gasteiger partial charge >= 0.3 is 5.97 Å². The number of carbonyl (C=O) groups is 1. The molecule has 0 heterocycles. The Labute approximate surface area is 97.1 Å². The van der Waals surface area contributed by atoms with Crippen molar-refractivity contribution in [3.8, 4) is 0 Å². The summed E-state index contributed by atoms with van der Waals surface area (Å²) in [5.74, 6) is -0.267. The highest BCUT2D eigenvalue weighted by Crippen LogP contribution is 2.14. The summed E-state index contributed by atoms with van der Waals surface area (Å²) in [6.07, 6.45) is 1.80. The van der Waals surface area contributed by atoms with Crippen molar-refractivity contribution in [3.63, 3.8) is 0 Å². The van der Waals surface area contributed by atoms with Crippen LogP contribution in [0.25, 0.3) is 6.08 Å². The Morgan fingerprint density at radius 1 is 1.43 bits per heavy atom. The highest BCUT2D eigenvalue weighted by atomic mass is 127. The molecule has 0 spiro atoms. The second-order valence-corrected chi connectivity index (χ2v) is 3.79. The molecule has 1 aromatic carbocycles. The maximum atomic E-state index is 11.2. The van der Waals surface area contributed by atoms with Crippen molar-refractivity contribution < 1.29 is 9.53 Å². The van der Waals surface area contributed by atoms with E-state index in [-0.39, 0.29) is 5.97 Å². The summed E-state index contributed by atoms with van der Waals surface area (Å²) in [7, 11) is 0. The van der Waals surface area contributed by atoms with Gasteiger partial charge < -0.3 is 4.74 Å². The second-order valence-electron chi connectivity index (χ2n) is 2.62. The van der Waals surface area contributed by atoms with Crippen molar-refractivity contribution in [2.45, 2.75) is 6.92 Å². The minimum atomic E-state index is -0.267. The number of halogens is 1. The van der Waals surface area contributed by atoms with E-state index in [1.807, 2.05) is 52.9 Å². The molecule has 0 N–H and O–H groups in total. The zero-order valence-corrected chi connectivity index (χ0v) is 10.0. The standard InChI is InChI=1S/C11H11IO2/c1-2-14-11(13)10(12)8-9-6-4-3-5-7-9/h3-8H,2H2,1H3/b10-8+. The zero-order chi connectivity index (χ0) is 10.4. The summed E-state index contributed by atoms with van der Waals surface area (Å²) >= 11 is 1.98. The predicted molar refractivity (Wildman–Crippen MR) is 65.1 cm³/mol. The van der Waals surface area contributed by atoms with Crippen LogP contribution in [0.3, 0.4) is 0 Å². The molecule has 0 aliphatic carbocycles. The third kappa shape index (κ3) is 3.49. The second kappa shape index (κ2) is 5.80. The molecule has 14 heavy (non-hydrogen) atoms. The van der Waals surface area contributed by atoms with Gasteiger partial charge in [-0.3, -0.25) is 0 Å². The Hall–Kier alpha value is -0.840. The molecule has 1 aromatic rings. The molecular formula is C11H11IO2. The molecule has 2 nitrogen and oxygen atoms in total.